The van der Waals surface area contributed by atoms with Crippen molar-refractivity contribution in [2.75, 3.05) is 13.7 Å². The number of hydrogen-bond donors (Lipinski definition) is 0. The number of hydrogen-bond acceptors (Lipinski definition) is 2. The van der Waals surface area contributed by atoms with Crippen LogP contribution >= 0.6 is 0 Å². The first-order valence-electron chi connectivity index (χ1n) is 4.49. The summed E-state index contributed by atoms with van der Waals surface area (Å²) >= 11 is 0. The molecular formula is C11H14O2. The van der Waals surface area contributed by atoms with Gasteiger partial charge in [0.15, 0.2) is 0 Å². The number of methoxy groups -OCH3 is 1. The highest BCUT2D eigenvalue weighted by atomic mass is 16.6. The van der Waals surface area contributed by atoms with E-state index in [1.54, 1.807) is 7.11 Å². The van der Waals surface area contributed by atoms with Crippen LogP contribution in [0.1, 0.15) is 22.8 Å². The van der Waals surface area contributed by atoms with Gasteiger partial charge in [-0.05, 0) is 42.7 Å². The van der Waals surface area contributed by atoms with Gasteiger partial charge in [0, 0.05) is 0 Å². The van der Waals surface area contributed by atoms with Crippen molar-refractivity contribution in [1.82, 2.24) is 0 Å². The smallest absolute Gasteiger partial charge is 0.124 e. The van der Waals surface area contributed by atoms with Crippen molar-refractivity contribution in [2.24, 2.45) is 0 Å². The van der Waals surface area contributed by atoms with Crippen LogP contribution in [0.2, 0.25) is 0 Å². The van der Waals surface area contributed by atoms with Crippen molar-refractivity contribution in [3.63, 3.8) is 0 Å². The molecule has 0 amide bonds. The van der Waals surface area contributed by atoms with Crippen molar-refractivity contribution < 1.29 is 9.47 Å². The fourth-order valence-electron chi connectivity index (χ4n) is 1.73. The molecule has 0 bridgehead atoms. The molecule has 1 saturated heterocycles. The summed E-state index contributed by atoms with van der Waals surface area (Å²) in [5, 5.41) is 0. The Balaban J connectivity index is 2.42. The molecule has 0 unspecified atom stereocenters. The molecule has 1 aliphatic heterocycles. The van der Waals surface area contributed by atoms with Crippen molar-refractivity contribution in [3.8, 4) is 5.75 Å². The molecule has 0 spiro atoms. The van der Waals surface area contributed by atoms with Crippen LogP contribution in [0.3, 0.4) is 0 Å². The zero-order valence-corrected chi connectivity index (χ0v) is 8.26. The highest BCUT2D eigenvalue weighted by molar-refractivity contribution is 5.44. The van der Waals surface area contributed by atoms with Crippen LogP contribution in [0.15, 0.2) is 12.1 Å². The minimum atomic E-state index is 0.336. The van der Waals surface area contributed by atoms with Crippen LogP contribution < -0.4 is 4.74 Å². The number of epoxide rings is 1. The highest BCUT2D eigenvalue weighted by Gasteiger charge is 2.25. The molecule has 1 heterocycles. The van der Waals surface area contributed by atoms with Crippen LogP contribution in [-0.4, -0.2) is 13.7 Å². The minimum absolute atomic E-state index is 0.336. The summed E-state index contributed by atoms with van der Waals surface area (Å²) < 4.78 is 10.5. The summed E-state index contributed by atoms with van der Waals surface area (Å²) in [5.74, 6) is 0.990. The Morgan fingerprint density at radius 1 is 1.31 bits per heavy atom. The van der Waals surface area contributed by atoms with Crippen molar-refractivity contribution in [1.29, 1.82) is 0 Å². The normalized spacial score (nSPS) is 20.1. The maximum atomic E-state index is 5.29. The van der Waals surface area contributed by atoms with Crippen LogP contribution in [-0.2, 0) is 4.74 Å². The molecule has 2 heteroatoms. The molecule has 0 radical (unpaired) electrons. The maximum Gasteiger partial charge on any atom is 0.124 e. The molecule has 0 aromatic heterocycles. The van der Waals surface area contributed by atoms with E-state index in [2.05, 4.69) is 26.0 Å². The predicted octanol–water partition coefficient (Wildman–Crippen LogP) is 2.38. The molecule has 0 aliphatic carbocycles. The van der Waals surface area contributed by atoms with Crippen molar-refractivity contribution >= 4 is 0 Å². The molecule has 0 saturated carbocycles. The first-order chi connectivity index (χ1) is 6.22. The lowest BCUT2D eigenvalue weighted by Gasteiger charge is -2.09. The van der Waals surface area contributed by atoms with Crippen LogP contribution in [0, 0.1) is 13.8 Å². The zero-order valence-electron chi connectivity index (χ0n) is 8.26. The SMILES string of the molecule is COc1c(C)cc([C@@H]2CO2)cc1C. The average molecular weight is 178 g/mol. The molecule has 2 nitrogen and oxygen atoms in total. The quantitative estimate of drug-likeness (QED) is 0.648. The molecule has 1 fully saturated rings. The molecule has 13 heavy (non-hydrogen) atoms. The summed E-state index contributed by atoms with van der Waals surface area (Å²) in [5.41, 5.74) is 3.65. The average Bonchev–Trinajstić information content (AvgIpc) is 2.85. The summed E-state index contributed by atoms with van der Waals surface area (Å²) in [4.78, 5) is 0. The van der Waals surface area contributed by atoms with E-state index < -0.39 is 0 Å². The lowest BCUT2D eigenvalue weighted by Crippen LogP contribution is -1.93. The number of rotatable bonds is 2. The summed E-state index contributed by atoms with van der Waals surface area (Å²) in [6.45, 7) is 5.00. The van der Waals surface area contributed by atoms with E-state index in [9.17, 15) is 0 Å². The second-order valence-electron chi connectivity index (χ2n) is 3.51. The second kappa shape index (κ2) is 3.04. The molecule has 0 N–H and O–H groups in total. The van der Waals surface area contributed by atoms with E-state index >= 15 is 0 Å². The van der Waals surface area contributed by atoms with Gasteiger partial charge in [-0.1, -0.05) is 0 Å². The van der Waals surface area contributed by atoms with Crippen molar-refractivity contribution in [2.45, 2.75) is 20.0 Å². The third-order valence-electron chi connectivity index (χ3n) is 2.39. The molecule has 2 rings (SSSR count). The van der Waals surface area contributed by atoms with Gasteiger partial charge in [-0.3, -0.25) is 0 Å². The molecular weight excluding hydrogens is 164 g/mol. The summed E-state index contributed by atoms with van der Waals surface area (Å²) in [6, 6.07) is 4.28. The number of aryl methyl sites for hydroxylation is 2. The third kappa shape index (κ3) is 1.54. The lowest BCUT2D eigenvalue weighted by molar-refractivity contribution is 0.404. The Morgan fingerprint density at radius 3 is 2.23 bits per heavy atom. The topological polar surface area (TPSA) is 21.8 Å². The molecule has 1 aliphatic rings. The van der Waals surface area contributed by atoms with Gasteiger partial charge in [-0.25, -0.2) is 0 Å². The first-order valence-corrected chi connectivity index (χ1v) is 4.49. The van der Waals surface area contributed by atoms with Gasteiger partial charge in [0.2, 0.25) is 0 Å². The van der Waals surface area contributed by atoms with E-state index in [0.29, 0.717) is 6.10 Å². The first kappa shape index (κ1) is 8.57. The molecule has 1 aromatic rings. The maximum absolute atomic E-state index is 5.29. The Kier molecular flexibility index (Phi) is 2.00. The standard InChI is InChI=1S/C11H14O2/c1-7-4-9(10-6-13-10)5-8(2)11(7)12-3/h4-5,10H,6H2,1-3H3/t10-/m0/s1. The van der Waals surface area contributed by atoms with Gasteiger partial charge in [0.25, 0.3) is 0 Å². The summed E-state index contributed by atoms with van der Waals surface area (Å²) in [6.07, 6.45) is 0.336. The van der Waals surface area contributed by atoms with Gasteiger partial charge < -0.3 is 9.47 Å². The van der Waals surface area contributed by atoms with Gasteiger partial charge in [0.05, 0.1) is 13.7 Å². The Hall–Kier alpha value is -1.02. The highest BCUT2D eigenvalue weighted by Crippen LogP contribution is 2.34. The van der Waals surface area contributed by atoms with E-state index in [-0.39, 0.29) is 0 Å². The van der Waals surface area contributed by atoms with Gasteiger partial charge in [0.1, 0.15) is 11.9 Å². The van der Waals surface area contributed by atoms with E-state index in [4.69, 9.17) is 9.47 Å². The van der Waals surface area contributed by atoms with Gasteiger partial charge in [-0.2, -0.15) is 0 Å². The number of ether oxygens (including phenoxy) is 2. The Bertz CT molecular complexity index is 304. The van der Waals surface area contributed by atoms with E-state index in [1.165, 1.54) is 16.7 Å². The fourth-order valence-corrected chi connectivity index (χ4v) is 1.73. The number of benzene rings is 1. The molecule has 70 valence electrons. The van der Waals surface area contributed by atoms with E-state index in [1.807, 2.05) is 0 Å². The second-order valence-corrected chi connectivity index (χ2v) is 3.51. The van der Waals surface area contributed by atoms with Crippen LogP contribution in [0.4, 0.5) is 0 Å². The fraction of sp³-hybridized carbons (Fsp3) is 0.455. The largest absolute Gasteiger partial charge is 0.496 e. The van der Waals surface area contributed by atoms with E-state index in [0.717, 1.165) is 12.4 Å². The van der Waals surface area contributed by atoms with Gasteiger partial charge >= 0.3 is 0 Å². The Morgan fingerprint density at radius 2 is 1.85 bits per heavy atom. The minimum Gasteiger partial charge on any atom is -0.496 e. The van der Waals surface area contributed by atoms with Crippen LogP contribution in [0.5, 0.6) is 5.75 Å². The lowest BCUT2D eigenvalue weighted by atomic mass is 10.0. The molecule has 1 atom stereocenters. The monoisotopic (exact) mass is 178 g/mol. The summed E-state index contributed by atoms with van der Waals surface area (Å²) in [7, 11) is 1.71. The van der Waals surface area contributed by atoms with Crippen LogP contribution in [0.25, 0.3) is 0 Å². The van der Waals surface area contributed by atoms with Crippen molar-refractivity contribution in [3.05, 3.63) is 28.8 Å². The third-order valence-corrected chi connectivity index (χ3v) is 2.39. The Labute approximate surface area is 78.5 Å². The zero-order chi connectivity index (χ0) is 9.42. The van der Waals surface area contributed by atoms with Gasteiger partial charge in [-0.15, -0.1) is 0 Å². The molecule has 1 aromatic carbocycles. The predicted molar refractivity (Wildman–Crippen MR) is 51.2 cm³/mol.